The van der Waals surface area contributed by atoms with E-state index in [0.717, 1.165) is 11.8 Å². The Hall–Kier alpha value is -3.67. The maximum atomic E-state index is 14.7. The van der Waals surface area contributed by atoms with Crippen molar-refractivity contribution in [3.05, 3.63) is 89.2 Å². The third-order valence-corrected chi connectivity index (χ3v) is 5.73. The van der Waals surface area contributed by atoms with Gasteiger partial charge < -0.3 is 5.32 Å². The maximum Gasteiger partial charge on any atom is 0.234 e. The van der Waals surface area contributed by atoms with Gasteiger partial charge in [0.1, 0.15) is 5.82 Å². The van der Waals surface area contributed by atoms with Crippen molar-refractivity contribution >= 4 is 35.0 Å². The third-order valence-electron chi connectivity index (χ3n) is 4.47. The van der Waals surface area contributed by atoms with Crippen LogP contribution >= 0.6 is 23.4 Å². The van der Waals surface area contributed by atoms with Gasteiger partial charge in [-0.1, -0.05) is 47.6 Å². The third kappa shape index (κ3) is 4.64. The Bertz CT molecular complexity index is 1320. The molecule has 0 saturated heterocycles. The van der Waals surface area contributed by atoms with E-state index in [1.165, 1.54) is 6.07 Å². The molecular formula is C23H15ClFN5OS. The lowest BCUT2D eigenvalue weighted by Gasteiger charge is -2.12. The molecule has 1 aromatic heterocycles. The van der Waals surface area contributed by atoms with E-state index >= 15 is 0 Å². The van der Waals surface area contributed by atoms with E-state index in [9.17, 15) is 9.18 Å². The average molecular weight is 464 g/mol. The zero-order valence-corrected chi connectivity index (χ0v) is 18.1. The van der Waals surface area contributed by atoms with E-state index in [4.69, 9.17) is 16.9 Å². The molecule has 158 valence electrons. The summed E-state index contributed by atoms with van der Waals surface area (Å²) < 4.78 is 16.2. The molecule has 4 rings (SSSR count). The summed E-state index contributed by atoms with van der Waals surface area (Å²) in [6.45, 7) is 0. The van der Waals surface area contributed by atoms with Crippen molar-refractivity contribution < 1.29 is 9.18 Å². The lowest BCUT2D eigenvalue weighted by atomic mass is 10.2. The van der Waals surface area contributed by atoms with Crippen LogP contribution in [0.15, 0.2) is 78.0 Å². The van der Waals surface area contributed by atoms with E-state index in [1.807, 2.05) is 6.07 Å². The molecule has 3 aromatic carbocycles. The maximum absolute atomic E-state index is 14.7. The molecule has 0 atom stereocenters. The van der Waals surface area contributed by atoms with E-state index < -0.39 is 5.82 Å². The smallest absolute Gasteiger partial charge is 0.234 e. The van der Waals surface area contributed by atoms with Crippen LogP contribution in [0.4, 0.5) is 10.1 Å². The van der Waals surface area contributed by atoms with Crippen molar-refractivity contribution in [3.63, 3.8) is 0 Å². The van der Waals surface area contributed by atoms with Crippen molar-refractivity contribution in [3.8, 4) is 23.1 Å². The van der Waals surface area contributed by atoms with Gasteiger partial charge in [-0.3, -0.25) is 9.36 Å². The summed E-state index contributed by atoms with van der Waals surface area (Å²) in [5, 5.41) is 20.8. The van der Waals surface area contributed by atoms with Gasteiger partial charge in [-0.2, -0.15) is 5.26 Å². The minimum Gasteiger partial charge on any atom is -0.325 e. The van der Waals surface area contributed by atoms with Crippen molar-refractivity contribution in [1.29, 1.82) is 5.26 Å². The Morgan fingerprint density at radius 2 is 1.78 bits per heavy atom. The number of nitrogens with one attached hydrogen (secondary N) is 1. The lowest BCUT2D eigenvalue weighted by Crippen LogP contribution is -2.14. The standard InChI is InChI=1S/C23H15ClFN5OS/c24-18-6-2-1-5-17(18)22-28-29-23(30(22)20-8-4-3-7-19(20)25)32-14-21(31)27-16-11-9-15(13-26)10-12-16/h1-12H,14H2,(H,27,31). The predicted molar refractivity (Wildman–Crippen MR) is 122 cm³/mol. The molecule has 9 heteroatoms. The monoisotopic (exact) mass is 463 g/mol. The second kappa shape index (κ2) is 9.64. The van der Waals surface area contributed by atoms with Gasteiger partial charge >= 0.3 is 0 Å². The number of benzene rings is 3. The number of hydrogen-bond acceptors (Lipinski definition) is 5. The Labute approximate surface area is 192 Å². The van der Waals surface area contributed by atoms with Gasteiger partial charge in [0, 0.05) is 11.3 Å². The number of hydrogen-bond donors (Lipinski definition) is 1. The molecule has 1 amide bonds. The summed E-state index contributed by atoms with van der Waals surface area (Å²) in [4.78, 5) is 12.4. The highest BCUT2D eigenvalue weighted by Crippen LogP contribution is 2.32. The zero-order valence-electron chi connectivity index (χ0n) is 16.5. The fraction of sp³-hybridized carbons (Fsp3) is 0.0435. The van der Waals surface area contributed by atoms with Crippen LogP contribution in [0.1, 0.15) is 5.56 Å². The van der Waals surface area contributed by atoms with E-state index in [1.54, 1.807) is 71.3 Å². The second-order valence-electron chi connectivity index (χ2n) is 6.60. The summed E-state index contributed by atoms with van der Waals surface area (Å²) in [5.41, 5.74) is 1.92. The quantitative estimate of drug-likeness (QED) is 0.391. The molecule has 0 aliphatic heterocycles. The fourth-order valence-electron chi connectivity index (χ4n) is 2.99. The molecule has 4 aromatic rings. The lowest BCUT2D eigenvalue weighted by molar-refractivity contribution is -0.113. The van der Waals surface area contributed by atoms with Crippen LogP contribution in [0.3, 0.4) is 0 Å². The number of nitriles is 1. The molecule has 1 N–H and O–H groups in total. The minimum absolute atomic E-state index is 0.0229. The molecule has 32 heavy (non-hydrogen) atoms. The Kier molecular flexibility index (Phi) is 6.50. The summed E-state index contributed by atoms with van der Waals surface area (Å²) in [7, 11) is 0. The number of rotatable bonds is 6. The van der Waals surface area contributed by atoms with Crippen LogP contribution in [0.5, 0.6) is 0 Å². The molecular weight excluding hydrogens is 449 g/mol. The number of anilines is 1. The molecule has 0 spiro atoms. The Balaban J connectivity index is 1.61. The molecule has 0 fully saturated rings. The van der Waals surface area contributed by atoms with Crippen LogP contribution in [-0.4, -0.2) is 26.4 Å². The molecule has 0 bridgehead atoms. The van der Waals surface area contributed by atoms with Gasteiger partial charge in [0.2, 0.25) is 5.91 Å². The number of halogens is 2. The fourth-order valence-corrected chi connectivity index (χ4v) is 3.95. The number of para-hydroxylation sites is 1. The first kappa shape index (κ1) is 21.6. The topological polar surface area (TPSA) is 83.6 Å². The second-order valence-corrected chi connectivity index (χ2v) is 7.95. The highest BCUT2D eigenvalue weighted by Gasteiger charge is 2.20. The summed E-state index contributed by atoms with van der Waals surface area (Å²) in [5.74, 6) is -0.336. The molecule has 1 heterocycles. The highest BCUT2D eigenvalue weighted by atomic mass is 35.5. The first-order valence-electron chi connectivity index (χ1n) is 9.45. The van der Waals surface area contributed by atoms with Crippen LogP contribution in [-0.2, 0) is 4.79 Å². The number of amides is 1. The van der Waals surface area contributed by atoms with E-state index in [2.05, 4.69) is 15.5 Å². The number of aromatic nitrogens is 3. The van der Waals surface area contributed by atoms with E-state index in [-0.39, 0.29) is 17.3 Å². The summed E-state index contributed by atoms with van der Waals surface area (Å²) >= 11 is 7.46. The van der Waals surface area contributed by atoms with Crippen molar-refractivity contribution in [2.45, 2.75) is 5.16 Å². The Morgan fingerprint density at radius 1 is 1.06 bits per heavy atom. The van der Waals surface area contributed by atoms with Crippen LogP contribution < -0.4 is 5.32 Å². The van der Waals surface area contributed by atoms with Gasteiger partial charge in [-0.05, 0) is 48.5 Å². The van der Waals surface area contributed by atoms with Crippen molar-refractivity contribution in [2.24, 2.45) is 0 Å². The van der Waals surface area contributed by atoms with Crippen LogP contribution in [0, 0.1) is 17.1 Å². The molecule has 0 radical (unpaired) electrons. The molecule has 0 aliphatic carbocycles. The van der Waals surface area contributed by atoms with E-state index in [0.29, 0.717) is 32.8 Å². The summed E-state index contributed by atoms with van der Waals surface area (Å²) in [6.07, 6.45) is 0. The number of nitrogens with zero attached hydrogens (tertiary/aromatic N) is 4. The van der Waals surface area contributed by atoms with Gasteiger partial charge in [0.05, 0.1) is 28.1 Å². The molecule has 0 saturated carbocycles. The largest absolute Gasteiger partial charge is 0.325 e. The van der Waals surface area contributed by atoms with Crippen molar-refractivity contribution in [2.75, 3.05) is 11.1 Å². The molecule has 0 unspecified atom stereocenters. The minimum atomic E-state index is -0.454. The average Bonchev–Trinajstić information content (AvgIpc) is 3.22. The zero-order chi connectivity index (χ0) is 22.5. The van der Waals surface area contributed by atoms with Gasteiger partial charge in [-0.15, -0.1) is 10.2 Å². The summed E-state index contributed by atoms with van der Waals surface area (Å²) in [6, 6.07) is 21.9. The van der Waals surface area contributed by atoms with Crippen LogP contribution in [0.2, 0.25) is 5.02 Å². The number of carbonyl (C=O) groups excluding carboxylic acids is 1. The number of carbonyl (C=O) groups is 1. The van der Waals surface area contributed by atoms with Gasteiger partial charge in [-0.25, -0.2) is 4.39 Å². The normalized spacial score (nSPS) is 10.5. The number of thioether (sulfide) groups is 1. The molecule has 6 nitrogen and oxygen atoms in total. The van der Waals surface area contributed by atoms with Gasteiger partial charge in [0.25, 0.3) is 0 Å². The first-order valence-corrected chi connectivity index (χ1v) is 10.8. The predicted octanol–water partition coefficient (Wildman–Crippen LogP) is 5.33. The van der Waals surface area contributed by atoms with Gasteiger partial charge in [0.15, 0.2) is 11.0 Å². The Morgan fingerprint density at radius 3 is 2.50 bits per heavy atom. The molecule has 0 aliphatic rings. The highest BCUT2D eigenvalue weighted by molar-refractivity contribution is 7.99. The van der Waals surface area contributed by atoms with Crippen LogP contribution in [0.25, 0.3) is 17.1 Å². The first-order chi connectivity index (χ1) is 15.6. The van der Waals surface area contributed by atoms with Crippen molar-refractivity contribution in [1.82, 2.24) is 14.8 Å². The SMILES string of the molecule is N#Cc1ccc(NC(=O)CSc2nnc(-c3ccccc3Cl)n2-c2ccccc2F)cc1.